The van der Waals surface area contributed by atoms with E-state index in [2.05, 4.69) is 19.1 Å². The lowest BCUT2D eigenvalue weighted by Crippen LogP contribution is -2.17. The lowest BCUT2D eigenvalue weighted by Gasteiger charge is -2.08. The van der Waals surface area contributed by atoms with Crippen LogP contribution in [0.25, 0.3) is 0 Å². The van der Waals surface area contributed by atoms with Crippen LogP contribution in [0.4, 0.5) is 0 Å². The zero-order valence-electron chi connectivity index (χ0n) is 9.69. The smallest absolute Gasteiger partial charge is 0.307 e. The lowest BCUT2D eigenvalue weighted by atomic mass is 9.98. The van der Waals surface area contributed by atoms with Crippen LogP contribution in [0.5, 0.6) is 0 Å². The summed E-state index contributed by atoms with van der Waals surface area (Å²) in [5.41, 5.74) is 0. The zero-order chi connectivity index (χ0) is 12.4. The second kappa shape index (κ2) is 8.95. The molecule has 1 unspecified atom stereocenters. The quantitative estimate of drug-likeness (QED) is 0.470. The van der Waals surface area contributed by atoms with Gasteiger partial charge in [-0.3, -0.25) is 9.59 Å². The van der Waals surface area contributed by atoms with E-state index in [1.165, 1.54) is 0 Å². The molecule has 2 N–H and O–H groups in total. The number of allylic oxidation sites excluding steroid dienone is 2. The van der Waals surface area contributed by atoms with Crippen LogP contribution in [-0.2, 0) is 9.59 Å². The van der Waals surface area contributed by atoms with Gasteiger partial charge in [0.15, 0.2) is 0 Å². The molecule has 4 nitrogen and oxygen atoms in total. The average molecular weight is 228 g/mol. The summed E-state index contributed by atoms with van der Waals surface area (Å²) in [6.07, 6.45) is 7.95. The van der Waals surface area contributed by atoms with Crippen molar-refractivity contribution < 1.29 is 19.8 Å². The van der Waals surface area contributed by atoms with Gasteiger partial charge < -0.3 is 10.2 Å². The molecule has 4 heteroatoms. The fourth-order valence-corrected chi connectivity index (χ4v) is 1.46. The molecular formula is C12H20O4. The SMILES string of the molecule is CC/C=C/CCCCC(CC(=O)O)C(=O)O. The summed E-state index contributed by atoms with van der Waals surface area (Å²) >= 11 is 0. The third-order valence-electron chi connectivity index (χ3n) is 2.35. The summed E-state index contributed by atoms with van der Waals surface area (Å²) in [4.78, 5) is 21.1. The predicted molar refractivity (Wildman–Crippen MR) is 61.3 cm³/mol. The molecule has 0 aromatic carbocycles. The molecule has 0 saturated carbocycles. The van der Waals surface area contributed by atoms with E-state index in [1.54, 1.807) is 0 Å². The van der Waals surface area contributed by atoms with Crippen molar-refractivity contribution in [3.8, 4) is 0 Å². The Morgan fingerprint density at radius 3 is 2.38 bits per heavy atom. The minimum atomic E-state index is -1.04. The molecule has 0 aromatic heterocycles. The molecule has 0 aliphatic carbocycles. The first-order chi connectivity index (χ1) is 7.57. The standard InChI is InChI=1S/C12H20O4/c1-2-3-4-5-6-7-8-10(12(15)16)9-11(13)14/h3-4,10H,2,5-9H2,1H3,(H,13,14)(H,15,16)/b4-3+. The van der Waals surface area contributed by atoms with Gasteiger partial charge in [-0.25, -0.2) is 0 Å². The molecule has 0 fully saturated rings. The van der Waals surface area contributed by atoms with E-state index < -0.39 is 17.9 Å². The topological polar surface area (TPSA) is 74.6 Å². The minimum Gasteiger partial charge on any atom is -0.481 e. The Kier molecular flexibility index (Phi) is 8.21. The molecule has 0 saturated heterocycles. The first kappa shape index (κ1) is 14.7. The molecule has 0 aromatic rings. The number of unbranched alkanes of at least 4 members (excludes halogenated alkanes) is 2. The Bertz CT molecular complexity index is 245. The van der Waals surface area contributed by atoms with Crippen LogP contribution < -0.4 is 0 Å². The first-order valence-electron chi connectivity index (χ1n) is 5.67. The van der Waals surface area contributed by atoms with Gasteiger partial charge >= 0.3 is 11.9 Å². The van der Waals surface area contributed by atoms with Crippen molar-refractivity contribution in [2.45, 2.75) is 45.4 Å². The number of aliphatic carboxylic acids is 2. The molecule has 92 valence electrons. The minimum absolute atomic E-state index is 0.278. The van der Waals surface area contributed by atoms with E-state index in [1.807, 2.05) is 0 Å². The Balaban J connectivity index is 3.72. The normalized spacial score (nSPS) is 12.8. The molecule has 1 atom stereocenters. The van der Waals surface area contributed by atoms with E-state index >= 15 is 0 Å². The van der Waals surface area contributed by atoms with Gasteiger partial charge in [0.05, 0.1) is 12.3 Å². The number of carboxylic acid groups (broad SMARTS) is 2. The third kappa shape index (κ3) is 8.03. The lowest BCUT2D eigenvalue weighted by molar-refractivity contribution is -0.148. The Labute approximate surface area is 96.0 Å². The molecule has 0 spiro atoms. The summed E-state index contributed by atoms with van der Waals surface area (Å²) < 4.78 is 0. The van der Waals surface area contributed by atoms with Gasteiger partial charge in [-0.05, 0) is 25.7 Å². The highest BCUT2D eigenvalue weighted by molar-refractivity contribution is 5.77. The second-order valence-corrected chi connectivity index (χ2v) is 3.80. The van der Waals surface area contributed by atoms with E-state index in [9.17, 15) is 9.59 Å². The highest BCUT2D eigenvalue weighted by atomic mass is 16.4. The van der Waals surface area contributed by atoms with E-state index in [-0.39, 0.29) is 6.42 Å². The van der Waals surface area contributed by atoms with Crippen LogP contribution in [0.3, 0.4) is 0 Å². The van der Waals surface area contributed by atoms with Crippen LogP contribution in [0.1, 0.15) is 45.4 Å². The first-order valence-corrected chi connectivity index (χ1v) is 5.67. The monoisotopic (exact) mass is 228 g/mol. The number of carboxylic acids is 2. The predicted octanol–water partition coefficient (Wildman–Crippen LogP) is 2.69. The van der Waals surface area contributed by atoms with Crippen LogP contribution in [-0.4, -0.2) is 22.2 Å². The zero-order valence-corrected chi connectivity index (χ0v) is 9.69. The van der Waals surface area contributed by atoms with Gasteiger partial charge in [0.1, 0.15) is 0 Å². The summed E-state index contributed by atoms with van der Waals surface area (Å²) in [5.74, 6) is -2.79. The summed E-state index contributed by atoms with van der Waals surface area (Å²) in [6.45, 7) is 2.06. The van der Waals surface area contributed by atoms with Crippen molar-refractivity contribution in [3.05, 3.63) is 12.2 Å². The molecule has 16 heavy (non-hydrogen) atoms. The van der Waals surface area contributed by atoms with Gasteiger partial charge in [-0.1, -0.05) is 25.5 Å². The maximum absolute atomic E-state index is 10.7. The largest absolute Gasteiger partial charge is 0.481 e. The van der Waals surface area contributed by atoms with Crippen molar-refractivity contribution in [2.24, 2.45) is 5.92 Å². The molecule has 0 heterocycles. The molecule has 0 aliphatic rings. The molecule has 0 bridgehead atoms. The van der Waals surface area contributed by atoms with Gasteiger partial charge in [0.2, 0.25) is 0 Å². The van der Waals surface area contributed by atoms with Crippen molar-refractivity contribution in [1.29, 1.82) is 0 Å². The Hall–Kier alpha value is -1.32. The van der Waals surface area contributed by atoms with Crippen molar-refractivity contribution in [3.63, 3.8) is 0 Å². The van der Waals surface area contributed by atoms with Crippen molar-refractivity contribution in [1.82, 2.24) is 0 Å². The van der Waals surface area contributed by atoms with E-state index in [0.29, 0.717) is 6.42 Å². The van der Waals surface area contributed by atoms with Crippen molar-refractivity contribution >= 4 is 11.9 Å². The van der Waals surface area contributed by atoms with Crippen LogP contribution in [0.15, 0.2) is 12.2 Å². The molecular weight excluding hydrogens is 208 g/mol. The van der Waals surface area contributed by atoms with Gasteiger partial charge in [0, 0.05) is 0 Å². The second-order valence-electron chi connectivity index (χ2n) is 3.80. The Morgan fingerprint density at radius 1 is 1.19 bits per heavy atom. The van der Waals surface area contributed by atoms with Gasteiger partial charge in [-0.2, -0.15) is 0 Å². The Morgan fingerprint density at radius 2 is 1.88 bits per heavy atom. The fourth-order valence-electron chi connectivity index (χ4n) is 1.46. The number of hydrogen-bond donors (Lipinski definition) is 2. The van der Waals surface area contributed by atoms with Crippen LogP contribution >= 0.6 is 0 Å². The summed E-state index contributed by atoms with van der Waals surface area (Å²) in [5, 5.41) is 17.3. The fraction of sp³-hybridized carbons (Fsp3) is 0.667. The maximum Gasteiger partial charge on any atom is 0.307 e. The van der Waals surface area contributed by atoms with Gasteiger partial charge in [0.25, 0.3) is 0 Å². The van der Waals surface area contributed by atoms with Crippen LogP contribution in [0, 0.1) is 5.92 Å². The maximum atomic E-state index is 10.7. The molecule has 0 amide bonds. The van der Waals surface area contributed by atoms with Crippen molar-refractivity contribution in [2.75, 3.05) is 0 Å². The molecule has 0 radical (unpaired) electrons. The number of hydrogen-bond acceptors (Lipinski definition) is 2. The highest BCUT2D eigenvalue weighted by Crippen LogP contribution is 2.14. The summed E-state index contributed by atoms with van der Waals surface area (Å²) in [7, 11) is 0. The highest BCUT2D eigenvalue weighted by Gasteiger charge is 2.19. The average Bonchev–Trinajstić information content (AvgIpc) is 2.20. The number of carbonyl (C=O) groups is 2. The van der Waals surface area contributed by atoms with Gasteiger partial charge in [-0.15, -0.1) is 0 Å². The molecule has 0 rings (SSSR count). The summed E-state index contributed by atoms with van der Waals surface area (Å²) in [6, 6.07) is 0. The van der Waals surface area contributed by atoms with E-state index in [0.717, 1.165) is 25.7 Å². The van der Waals surface area contributed by atoms with E-state index in [4.69, 9.17) is 10.2 Å². The molecule has 0 aliphatic heterocycles. The van der Waals surface area contributed by atoms with Crippen LogP contribution in [0.2, 0.25) is 0 Å². The number of rotatable bonds is 9. The third-order valence-corrected chi connectivity index (χ3v) is 2.35.